The van der Waals surface area contributed by atoms with Gasteiger partial charge in [-0.15, -0.1) is 0 Å². The number of pyridine rings is 1. The number of nitrogens with zero attached hydrogens (tertiary/aromatic N) is 1. The Kier molecular flexibility index (Phi) is 3.72. The Morgan fingerprint density at radius 2 is 2.17 bits per heavy atom. The summed E-state index contributed by atoms with van der Waals surface area (Å²) in [6.45, 7) is 4.05. The van der Waals surface area contributed by atoms with Crippen LogP contribution < -0.4 is 5.73 Å². The van der Waals surface area contributed by atoms with E-state index in [2.05, 4.69) is 4.98 Å². The van der Waals surface area contributed by atoms with Gasteiger partial charge in [-0.2, -0.15) is 0 Å². The van der Waals surface area contributed by atoms with Crippen molar-refractivity contribution in [2.24, 2.45) is 11.7 Å². The summed E-state index contributed by atoms with van der Waals surface area (Å²) in [5.41, 5.74) is 6.70. The summed E-state index contributed by atoms with van der Waals surface area (Å²) < 4.78 is 0. The van der Waals surface area contributed by atoms with Crippen molar-refractivity contribution in [3.8, 4) is 0 Å². The Balaban J connectivity index is 2.45. The minimum atomic E-state index is -0.444. The van der Waals surface area contributed by atoms with Crippen LogP contribution >= 0.6 is 0 Å². The largest absolute Gasteiger partial charge is 0.321 e. The summed E-state index contributed by atoms with van der Waals surface area (Å²) in [6.07, 6.45) is 4.35. The molecule has 2 N–H and O–H groups in total. The van der Waals surface area contributed by atoms with E-state index < -0.39 is 6.04 Å². The lowest BCUT2D eigenvalue weighted by molar-refractivity contribution is 0.0936. The second kappa shape index (κ2) is 5.27. The molecule has 2 aromatic rings. The normalized spacial score (nSPS) is 14.4. The fourth-order valence-corrected chi connectivity index (χ4v) is 2.02. The molecule has 1 aromatic carbocycles. The number of carbonyl (C=O) groups is 1. The first-order chi connectivity index (χ1) is 8.65. The second-order valence-electron chi connectivity index (χ2n) is 4.68. The highest BCUT2D eigenvalue weighted by atomic mass is 16.1. The Morgan fingerprint density at radius 1 is 1.39 bits per heavy atom. The van der Waals surface area contributed by atoms with E-state index in [1.165, 1.54) is 0 Å². The zero-order valence-electron chi connectivity index (χ0n) is 10.8. The Hall–Kier alpha value is -1.74. The van der Waals surface area contributed by atoms with Gasteiger partial charge in [0.05, 0.1) is 6.04 Å². The molecule has 0 aliphatic heterocycles. The monoisotopic (exact) mass is 242 g/mol. The lowest BCUT2D eigenvalue weighted by atomic mass is 9.91. The Morgan fingerprint density at radius 3 is 2.89 bits per heavy atom. The predicted octanol–water partition coefficient (Wildman–Crippen LogP) is 2.79. The molecule has 1 heterocycles. The van der Waals surface area contributed by atoms with Crippen molar-refractivity contribution >= 4 is 16.6 Å². The van der Waals surface area contributed by atoms with Crippen LogP contribution in [0.4, 0.5) is 0 Å². The van der Waals surface area contributed by atoms with E-state index in [1.807, 2.05) is 38.1 Å². The molecule has 0 fully saturated rings. The van der Waals surface area contributed by atoms with E-state index in [-0.39, 0.29) is 11.7 Å². The van der Waals surface area contributed by atoms with E-state index in [4.69, 9.17) is 5.73 Å². The van der Waals surface area contributed by atoms with Crippen molar-refractivity contribution in [3.05, 3.63) is 42.2 Å². The number of hydrogen-bond acceptors (Lipinski definition) is 3. The zero-order chi connectivity index (χ0) is 13.1. The highest BCUT2D eigenvalue weighted by Gasteiger charge is 2.22. The summed E-state index contributed by atoms with van der Waals surface area (Å²) in [5, 5.41) is 1.90. The lowest BCUT2D eigenvalue weighted by Crippen LogP contribution is -2.36. The quantitative estimate of drug-likeness (QED) is 0.839. The third kappa shape index (κ3) is 2.27. The molecule has 0 amide bonds. The van der Waals surface area contributed by atoms with Crippen LogP contribution in [0, 0.1) is 5.92 Å². The Bertz CT molecular complexity index is 560. The molecule has 2 rings (SSSR count). The van der Waals surface area contributed by atoms with Gasteiger partial charge in [0.1, 0.15) is 0 Å². The fourth-order valence-electron chi connectivity index (χ4n) is 2.02. The summed E-state index contributed by atoms with van der Waals surface area (Å²) >= 11 is 0. The standard InChI is InChI=1S/C15H18N2O/c1-3-10(2)14(16)15(18)12-6-4-5-11-7-8-17-9-13(11)12/h4-10,14H,3,16H2,1-2H3. The van der Waals surface area contributed by atoms with Crippen LogP contribution in [0.25, 0.3) is 10.8 Å². The molecule has 0 saturated heterocycles. The van der Waals surface area contributed by atoms with Gasteiger partial charge in [0.15, 0.2) is 5.78 Å². The minimum absolute atomic E-state index is 0.00273. The Labute approximate surface area is 107 Å². The van der Waals surface area contributed by atoms with Crippen molar-refractivity contribution < 1.29 is 4.79 Å². The van der Waals surface area contributed by atoms with Crippen LogP contribution in [0.15, 0.2) is 36.7 Å². The van der Waals surface area contributed by atoms with Crippen LogP contribution in [-0.2, 0) is 0 Å². The highest BCUT2D eigenvalue weighted by molar-refractivity contribution is 6.10. The van der Waals surface area contributed by atoms with Crippen LogP contribution in [0.3, 0.4) is 0 Å². The molecule has 0 aliphatic carbocycles. The van der Waals surface area contributed by atoms with Gasteiger partial charge >= 0.3 is 0 Å². The van der Waals surface area contributed by atoms with Crippen LogP contribution in [0.2, 0.25) is 0 Å². The molecule has 2 atom stereocenters. The number of nitrogens with two attached hydrogens (primary N) is 1. The number of ketones is 1. The van der Waals surface area contributed by atoms with Gasteiger partial charge in [0.2, 0.25) is 0 Å². The first-order valence-corrected chi connectivity index (χ1v) is 6.27. The van der Waals surface area contributed by atoms with Gasteiger partial charge in [-0.05, 0) is 17.4 Å². The molecule has 0 radical (unpaired) electrons. The third-order valence-electron chi connectivity index (χ3n) is 3.51. The predicted molar refractivity (Wildman–Crippen MR) is 73.5 cm³/mol. The highest BCUT2D eigenvalue weighted by Crippen LogP contribution is 2.20. The summed E-state index contributed by atoms with van der Waals surface area (Å²) in [5.74, 6) is 0.187. The average Bonchev–Trinajstić information content (AvgIpc) is 2.44. The molecular formula is C15H18N2O. The lowest BCUT2D eigenvalue weighted by Gasteiger charge is -2.17. The maximum Gasteiger partial charge on any atom is 0.180 e. The van der Waals surface area contributed by atoms with Crippen molar-refractivity contribution in [2.75, 3.05) is 0 Å². The van der Waals surface area contributed by atoms with Crippen molar-refractivity contribution in [2.45, 2.75) is 26.3 Å². The summed E-state index contributed by atoms with van der Waals surface area (Å²) in [6, 6.07) is 7.15. The molecule has 2 unspecified atom stereocenters. The molecular weight excluding hydrogens is 224 g/mol. The van der Waals surface area contributed by atoms with Gasteiger partial charge in [0.25, 0.3) is 0 Å². The average molecular weight is 242 g/mol. The van der Waals surface area contributed by atoms with E-state index >= 15 is 0 Å². The molecule has 0 spiro atoms. The molecule has 0 aliphatic rings. The number of carbonyl (C=O) groups excluding carboxylic acids is 1. The van der Waals surface area contributed by atoms with Gasteiger partial charge in [-0.3, -0.25) is 9.78 Å². The van der Waals surface area contributed by atoms with E-state index in [0.717, 1.165) is 17.2 Å². The summed E-state index contributed by atoms with van der Waals surface area (Å²) in [4.78, 5) is 16.5. The molecule has 0 saturated carbocycles. The van der Waals surface area contributed by atoms with Crippen molar-refractivity contribution in [3.63, 3.8) is 0 Å². The molecule has 94 valence electrons. The van der Waals surface area contributed by atoms with Crippen LogP contribution in [0.5, 0.6) is 0 Å². The fraction of sp³-hybridized carbons (Fsp3) is 0.333. The van der Waals surface area contributed by atoms with Crippen LogP contribution in [-0.4, -0.2) is 16.8 Å². The third-order valence-corrected chi connectivity index (χ3v) is 3.51. The summed E-state index contributed by atoms with van der Waals surface area (Å²) in [7, 11) is 0. The van der Waals surface area contributed by atoms with E-state index in [0.29, 0.717) is 5.56 Å². The smallest absolute Gasteiger partial charge is 0.180 e. The maximum absolute atomic E-state index is 12.4. The minimum Gasteiger partial charge on any atom is -0.321 e. The van der Waals surface area contributed by atoms with Gasteiger partial charge in [-0.25, -0.2) is 0 Å². The number of hydrogen-bond donors (Lipinski definition) is 1. The first-order valence-electron chi connectivity index (χ1n) is 6.27. The van der Waals surface area contributed by atoms with E-state index in [1.54, 1.807) is 12.4 Å². The van der Waals surface area contributed by atoms with E-state index in [9.17, 15) is 4.79 Å². The number of fused-ring (bicyclic) bond motifs is 1. The maximum atomic E-state index is 12.4. The van der Waals surface area contributed by atoms with Crippen molar-refractivity contribution in [1.29, 1.82) is 0 Å². The second-order valence-corrected chi connectivity index (χ2v) is 4.68. The van der Waals surface area contributed by atoms with Gasteiger partial charge < -0.3 is 5.73 Å². The molecule has 3 heteroatoms. The van der Waals surface area contributed by atoms with Gasteiger partial charge in [-0.1, -0.05) is 38.5 Å². The number of benzene rings is 1. The number of rotatable bonds is 4. The zero-order valence-corrected chi connectivity index (χ0v) is 10.8. The molecule has 18 heavy (non-hydrogen) atoms. The number of Topliss-reactive ketones (excluding diaryl/α,β-unsaturated/α-hetero) is 1. The molecule has 3 nitrogen and oxygen atoms in total. The SMILES string of the molecule is CCC(C)C(N)C(=O)c1cccc2ccncc12. The molecule has 1 aromatic heterocycles. The van der Waals surface area contributed by atoms with Crippen LogP contribution in [0.1, 0.15) is 30.6 Å². The first kappa shape index (κ1) is 12.7. The number of aromatic nitrogens is 1. The van der Waals surface area contributed by atoms with Gasteiger partial charge in [0, 0.05) is 23.3 Å². The molecule has 0 bridgehead atoms. The van der Waals surface area contributed by atoms with Crippen molar-refractivity contribution in [1.82, 2.24) is 4.98 Å². The topological polar surface area (TPSA) is 56.0 Å².